The molecule has 2 amide bonds. The number of hydrogen-bond donors (Lipinski definition) is 2. The van der Waals surface area contributed by atoms with Gasteiger partial charge in [-0.3, -0.25) is 9.59 Å². The van der Waals surface area contributed by atoms with E-state index >= 15 is 0 Å². The summed E-state index contributed by atoms with van der Waals surface area (Å²) in [5.74, 6) is -0.225. The fourth-order valence-corrected chi connectivity index (χ4v) is 3.91. The summed E-state index contributed by atoms with van der Waals surface area (Å²) in [5, 5.41) is 8.06. The van der Waals surface area contributed by atoms with E-state index in [0.717, 1.165) is 18.4 Å². The van der Waals surface area contributed by atoms with Crippen molar-refractivity contribution in [2.75, 3.05) is 5.32 Å². The number of thiazole rings is 1. The number of aromatic nitrogens is 1. The topological polar surface area (TPSA) is 71.1 Å². The van der Waals surface area contributed by atoms with Crippen LogP contribution < -0.4 is 10.6 Å². The largest absolute Gasteiger partial charge is 0.348 e. The third-order valence-corrected chi connectivity index (χ3v) is 5.41. The SMILES string of the molecule is O=C(CCc1ccccc1)Nc1nc(C(=O)NC2CCCCCC2)cs1. The molecule has 1 heterocycles. The highest BCUT2D eigenvalue weighted by Crippen LogP contribution is 2.19. The number of aryl methyl sites for hydroxylation is 1. The molecule has 0 unspecified atom stereocenters. The first-order chi connectivity index (χ1) is 12.7. The molecule has 1 saturated carbocycles. The normalized spacial score (nSPS) is 15.2. The van der Waals surface area contributed by atoms with E-state index in [1.165, 1.54) is 37.0 Å². The molecule has 0 bridgehead atoms. The highest BCUT2D eigenvalue weighted by Gasteiger charge is 2.18. The maximum atomic E-state index is 12.4. The molecule has 26 heavy (non-hydrogen) atoms. The van der Waals surface area contributed by atoms with Crippen LogP contribution in [0, 0.1) is 0 Å². The van der Waals surface area contributed by atoms with Gasteiger partial charge in [0.2, 0.25) is 5.91 Å². The highest BCUT2D eigenvalue weighted by atomic mass is 32.1. The smallest absolute Gasteiger partial charge is 0.271 e. The van der Waals surface area contributed by atoms with Gasteiger partial charge in [-0.25, -0.2) is 4.98 Å². The van der Waals surface area contributed by atoms with Gasteiger partial charge in [0.05, 0.1) is 0 Å². The Balaban J connectivity index is 1.47. The molecule has 1 aliphatic rings. The van der Waals surface area contributed by atoms with Crippen LogP contribution in [0.4, 0.5) is 5.13 Å². The second-order valence-corrected chi connectivity index (χ2v) is 7.59. The first-order valence-electron chi connectivity index (χ1n) is 9.31. The molecule has 0 atom stereocenters. The number of nitrogens with zero attached hydrogens (tertiary/aromatic N) is 1. The van der Waals surface area contributed by atoms with Crippen molar-refractivity contribution in [3.63, 3.8) is 0 Å². The van der Waals surface area contributed by atoms with Gasteiger partial charge in [0.1, 0.15) is 5.69 Å². The molecule has 0 aliphatic heterocycles. The molecule has 1 aromatic heterocycles. The molecule has 1 aliphatic carbocycles. The van der Waals surface area contributed by atoms with Crippen molar-refractivity contribution in [3.8, 4) is 0 Å². The van der Waals surface area contributed by atoms with E-state index in [0.29, 0.717) is 23.7 Å². The maximum Gasteiger partial charge on any atom is 0.271 e. The average molecular weight is 372 g/mol. The maximum absolute atomic E-state index is 12.4. The molecule has 138 valence electrons. The van der Waals surface area contributed by atoms with Gasteiger partial charge in [-0.15, -0.1) is 11.3 Å². The second-order valence-electron chi connectivity index (χ2n) is 6.73. The minimum absolute atomic E-state index is 0.0843. The van der Waals surface area contributed by atoms with Crippen molar-refractivity contribution in [1.82, 2.24) is 10.3 Å². The fourth-order valence-electron chi connectivity index (χ4n) is 3.20. The van der Waals surface area contributed by atoms with E-state index in [2.05, 4.69) is 15.6 Å². The lowest BCUT2D eigenvalue weighted by molar-refractivity contribution is -0.116. The monoisotopic (exact) mass is 371 g/mol. The number of rotatable bonds is 6. The lowest BCUT2D eigenvalue weighted by Gasteiger charge is -2.15. The summed E-state index contributed by atoms with van der Waals surface area (Å²) < 4.78 is 0. The molecule has 0 saturated heterocycles. The zero-order valence-electron chi connectivity index (χ0n) is 14.9. The summed E-state index contributed by atoms with van der Waals surface area (Å²) in [6.45, 7) is 0. The number of carbonyl (C=O) groups is 2. The summed E-state index contributed by atoms with van der Waals surface area (Å²) in [6.07, 6.45) is 8.01. The highest BCUT2D eigenvalue weighted by molar-refractivity contribution is 7.14. The summed E-state index contributed by atoms with van der Waals surface area (Å²) in [5.41, 5.74) is 1.52. The van der Waals surface area contributed by atoms with E-state index in [-0.39, 0.29) is 17.9 Å². The molecule has 6 heteroatoms. The van der Waals surface area contributed by atoms with E-state index < -0.39 is 0 Å². The predicted octanol–water partition coefficient (Wildman–Crippen LogP) is 4.17. The van der Waals surface area contributed by atoms with Gasteiger partial charge in [0, 0.05) is 17.8 Å². The lowest BCUT2D eigenvalue weighted by Crippen LogP contribution is -2.34. The van der Waals surface area contributed by atoms with Gasteiger partial charge in [0.25, 0.3) is 5.91 Å². The van der Waals surface area contributed by atoms with Crippen molar-refractivity contribution in [1.29, 1.82) is 0 Å². The number of benzene rings is 1. The zero-order chi connectivity index (χ0) is 18.2. The van der Waals surface area contributed by atoms with Crippen LogP contribution in [0.3, 0.4) is 0 Å². The third kappa shape index (κ3) is 5.66. The molecule has 0 radical (unpaired) electrons. The van der Waals surface area contributed by atoms with Crippen LogP contribution >= 0.6 is 11.3 Å². The zero-order valence-corrected chi connectivity index (χ0v) is 15.7. The number of amides is 2. The van der Waals surface area contributed by atoms with E-state index in [4.69, 9.17) is 0 Å². The average Bonchev–Trinajstić information content (AvgIpc) is 2.97. The molecule has 2 aromatic rings. The number of hydrogen-bond acceptors (Lipinski definition) is 4. The fraction of sp³-hybridized carbons (Fsp3) is 0.450. The standard InChI is InChI=1S/C20H25N3O2S/c24-18(13-12-15-8-4-3-5-9-15)23-20-22-17(14-26-20)19(25)21-16-10-6-1-2-7-11-16/h3-5,8-9,14,16H,1-2,6-7,10-13H2,(H,21,25)(H,22,23,24). The van der Waals surface area contributed by atoms with Crippen molar-refractivity contribution < 1.29 is 9.59 Å². The second kappa shape index (κ2) is 9.48. The summed E-state index contributed by atoms with van der Waals surface area (Å²) in [4.78, 5) is 28.7. The Labute approximate surface area is 158 Å². The minimum atomic E-state index is -0.141. The van der Waals surface area contributed by atoms with Crippen molar-refractivity contribution in [2.45, 2.75) is 57.4 Å². The molecule has 1 fully saturated rings. The van der Waals surface area contributed by atoms with Gasteiger partial charge in [0.15, 0.2) is 5.13 Å². The Bertz CT molecular complexity index is 722. The third-order valence-electron chi connectivity index (χ3n) is 4.66. The Morgan fingerprint density at radius 1 is 1.08 bits per heavy atom. The molecular weight excluding hydrogens is 346 g/mol. The molecule has 2 N–H and O–H groups in total. The molecule has 5 nitrogen and oxygen atoms in total. The van der Waals surface area contributed by atoms with Crippen LogP contribution in [0.5, 0.6) is 0 Å². The van der Waals surface area contributed by atoms with Gasteiger partial charge in [-0.1, -0.05) is 56.0 Å². The van der Waals surface area contributed by atoms with Crippen LogP contribution in [0.25, 0.3) is 0 Å². The molecule has 1 aromatic carbocycles. The first-order valence-corrected chi connectivity index (χ1v) is 10.2. The van der Waals surface area contributed by atoms with Crippen LogP contribution in [0.15, 0.2) is 35.7 Å². The molecule has 0 spiro atoms. The first kappa shape index (κ1) is 18.6. The van der Waals surface area contributed by atoms with Crippen LogP contribution in [-0.2, 0) is 11.2 Å². The van der Waals surface area contributed by atoms with Crippen LogP contribution in [0.2, 0.25) is 0 Å². The molecule has 3 rings (SSSR count). The lowest BCUT2D eigenvalue weighted by atomic mass is 10.1. The summed E-state index contributed by atoms with van der Waals surface area (Å²) >= 11 is 1.29. The van der Waals surface area contributed by atoms with Crippen LogP contribution in [-0.4, -0.2) is 22.8 Å². The van der Waals surface area contributed by atoms with Gasteiger partial charge >= 0.3 is 0 Å². The number of carbonyl (C=O) groups excluding carboxylic acids is 2. The Kier molecular flexibility index (Phi) is 6.77. The van der Waals surface area contributed by atoms with E-state index in [1.807, 2.05) is 30.3 Å². The quantitative estimate of drug-likeness (QED) is 0.749. The summed E-state index contributed by atoms with van der Waals surface area (Å²) in [7, 11) is 0. The molecular formula is C20H25N3O2S. The van der Waals surface area contributed by atoms with Crippen LogP contribution in [0.1, 0.15) is 61.0 Å². The number of nitrogens with one attached hydrogen (secondary N) is 2. The Morgan fingerprint density at radius 3 is 2.54 bits per heavy atom. The minimum Gasteiger partial charge on any atom is -0.348 e. The van der Waals surface area contributed by atoms with E-state index in [9.17, 15) is 9.59 Å². The summed E-state index contributed by atoms with van der Waals surface area (Å²) in [6, 6.07) is 10.1. The Hall–Kier alpha value is -2.21. The van der Waals surface area contributed by atoms with Crippen molar-refractivity contribution in [2.24, 2.45) is 0 Å². The number of anilines is 1. The van der Waals surface area contributed by atoms with Gasteiger partial charge < -0.3 is 10.6 Å². The van der Waals surface area contributed by atoms with Gasteiger partial charge in [-0.2, -0.15) is 0 Å². The van der Waals surface area contributed by atoms with Crippen molar-refractivity contribution >= 4 is 28.3 Å². The van der Waals surface area contributed by atoms with E-state index in [1.54, 1.807) is 5.38 Å². The van der Waals surface area contributed by atoms with Gasteiger partial charge in [-0.05, 0) is 24.8 Å². The predicted molar refractivity (Wildman–Crippen MR) is 104 cm³/mol. The Morgan fingerprint density at radius 2 is 1.81 bits per heavy atom. The van der Waals surface area contributed by atoms with Crippen molar-refractivity contribution in [3.05, 3.63) is 47.0 Å².